The Labute approximate surface area is 95.2 Å². The van der Waals surface area contributed by atoms with Crippen molar-refractivity contribution < 1.29 is 4.42 Å². The van der Waals surface area contributed by atoms with Crippen LogP contribution < -0.4 is 5.32 Å². The van der Waals surface area contributed by atoms with Crippen LogP contribution in [0.15, 0.2) is 4.42 Å². The molecule has 1 N–H and O–H groups in total. The van der Waals surface area contributed by atoms with Crippen molar-refractivity contribution in [3.05, 3.63) is 11.8 Å². The molecule has 4 rings (SSSR count). The molecule has 5 nitrogen and oxygen atoms in total. The standard InChI is InChI=1S/C11H18N4O/c1-8-13-14-11(16-8)6-12-10-7-15-4-2-9(10)3-5-15/h9-10,12H,2-7H2,1H3. The topological polar surface area (TPSA) is 54.2 Å². The van der Waals surface area contributed by atoms with Crippen LogP contribution in [-0.2, 0) is 6.54 Å². The van der Waals surface area contributed by atoms with Crippen LogP contribution in [0, 0.1) is 12.8 Å². The van der Waals surface area contributed by atoms with Gasteiger partial charge in [0.15, 0.2) is 0 Å². The molecule has 0 aliphatic carbocycles. The molecule has 3 fully saturated rings. The number of aromatic nitrogens is 2. The summed E-state index contributed by atoms with van der Waals surface area (Å²) in [6.45, 7) is 6.27. The van der Waals surface area contributed by atoms with Gasteiger partial charge in [-0.1, -0.05) is 0 Å². The van der Waals surface area contributed by atoms with E-state index in [1.807, 2.05) is 6.92 Å². The third-order valence-electron chi connectivity index (χ3n) is 3.74. The van der Waals surface area contributed by atoms with E-state index in [9.17, 15) is 0 Å². The molecule has 1 unspecified atom stereocenters. The Hall–Kier alpha value is -0.940. The van der Waals surface area contributed by atoms with Gasteiger partial charge in [-0.05, 0) is 31.8 Å². The fourth-order valence-electron chi connectivity index (χ4n) is 2.82. The number of nitrogens with zero attached hydrogens (tertiary/aromatic N) is 3. The fourth-order valence-corrected chi connectivity index (χ4v) is 2.82. The molecule has 3 aliphatic rings. The Morgan fingerprint density at radius 3 is 2.75 bits per heavy atom. The van der Waals surface area contributed by atoms with Gasteiger partial charge in [0.25, 0.3) is 0 Å². The highest BCUT2D eigenvalue weighted by molar-refractivity contribution is 4.92. The molecule has 1 atom stereocenters. The van der Waals surface area contributed by atoms with Crippen LogP contribution in [0.1, 0.15) is 24.6 Å². The number of fused-ring (bicyclic) bond motifs is 3. The summed E-state index contributed by atoms with van der Waals surface area (Å²) in [6, 6.07) is 0.606. The maximum absolute atomic E-state index is 5.36. The van der Waals surface area contributed by atoms with Crippen LogP contribution in [0.25, 0.3) is 0 Å². The van der Waals surface area contributed by atoms with E-state index in [1.165, 1.54) is 32.5 Å². The average Bonchev–Trinajstić information content (AvgIpc) is 2.74. The van der Waals surface area contributed by atoms with Crippen LogP contribution in [0.4, 0.5) is 0 Å². The molecule has 4 heterocycles. The first-order chi connectivity index (χ1) is 7.81. The van der Waals surface area contributed by atoms with Gasteiger partial charge >= 0.3 is 0 Å². The van der Waals surface area contributed by atoms with Crippen LogP contribution in [0.5, 0.6) is 0 Å². The minimum absolute atomic E-state index is 0.606. The normalized spacial score (nSPS) is 33.2. The summed E-state index contributed by atoms with van der Waals surface area (Å²) in [5, 5.41) is 11.4. The SMILES string of the molecule is Cc1nnc(CNC2CN3CCC2CC3)o1. The van der Waals surface area contributed by atoms with Crippen molar-refractivity contribution in [1.29, 1.82) is 0 Å². The van der Waals surface area contributed by atoms with E-state index in [2.05, 4.69) is 20.4 Å². The van der Waals surface area contributed by atoms with Gasteiger partial charge in [0.1, 0.15) is 0 Å². The van der Waals surface area contributed by atoms with Crippen molar-refractivity contribution in [3.8, 4) is 0 Å². The van der Waals surface area contributed by atoms with Crippen LogP contribution in [-0.4, -0.2) is 40.8 Å². The number of piperidine rings is 3. The minimum Gasteiger partial charge on any atom is -0.424 e. The quantitative estimate of drug-likeness (QED) is 0.810. The minimum atomic E-state index is 0.606. The third kappa shape index (κ3) is 1.97. The lowest BCUT2D eigenvalue weighted by molar-refractivity contribution is 0.0708. The van der Waals surface area contributed by atoms with Gasteiger partial charge in [-0.2, -0.15) is 0 Å². The zero-order valence-corrected chi connectivity index (χ0v) is 9.65. The van der Waals surface area contributed by atoms with E-state index >= 15 is 0 Å². The predicted molar refractivity (Wildman–Crippen MR) is 58.8 cm³/mol. The molecule has 0 spiro atoms. The Morgan fingerprint density at radius 1 is 1.38 bits per heavy atom. The highest BCUT2D eigenvalue weighted by atomic mass is 16.4. The molecule has 88 valence electrons. The van der Waals surface area contributed by atoms with Gasteiger partial charge in [0.05, 0.1) is 6.54 Å². The first-order valence-electron chi connectivity index (χ1n) is 6.06. The van der Waals surface area contributed by atoms with E-state index in [-0.39, 0.29) is 0 Å². The summed E-state index contributed by atoms with van der Waals surface area (Å²) < 4.78 is 5.36. The Balaban J connectivity index is 1.55. The van der Waals surface area contributed by atoms with E-state index < -0.39 is 0 Å². The molecule has 3 aliphatic heterocycles. The maximum atomic E-state index is 5.36. The number of rotatable bonds is 3. The second kappa shape index (κ2) is 4.14. The van der Waals surface area contributed by atoms with E-state index in [1.54, 1.807) is 0 Å². The fraction of sp³-hybridized carbons (Fsp3) is 0.818. The van der Waals surface area contributed by atoms with Crippen molar-refractivity contribution in [2.45, 2.75) is 32.4 Å². The first kappa shape index (κ1) is 10.2. The molecular weight excluding hydrogens is 204 g/mol. The molecular formula is C11H18N4O. The predicted octanol–water partition coefficient (Wildman–Crippen LogP) is 0.562. The molecule has 1 aromatic heterocycles. The molecule has 2 bridgehead atoms. The highest BCUT2D eigenvalue weighted by Gasteiger charge is 2.33. The Kier molecular flexibility index (Phi) is 2.65. The smallest absolute Gasteiger partial charge is 0.230 e. The van der Waals surface area contributed by atoms with Gasteiger partial charge in [-0.15, -0.1) is 10.2 Å². The highest BCUT2D eigenvalue weighted by Crippen LogP contribution is 2.27. The van der Waals surface area contributed by atoms with Gasteiger partial charge < -0.3 is 14.6 Å². The third-order valence-corrected chi connectivity index (χ3v) is 3.74. The van der Waals surface area contributed by atoms with Crippen LogP contribution in [0.3, 0.4) is 0 Å². The van der Waals surface area contributed by atoms with E-state index in [0.717, 1.165) is 5.92 Å². The van der Waals surface area contributed by atoms with E-state index in [0.29, 0.717) is 24.4 Å². The second-order valence-corrected chi connectivity index (χ2v) is 4.84. The molecule has 0 amide bonds. The first-order valence-corrected chi connectivity index (χ1v) is 6.06. The molecule has 0 saturated carbocycles. The van der Waals surface area contributed by atoms with Crippen molar-refractivity contribution in [2.75, 3.05) is 19.6 Å². The van der Waals surface area contributed by atoms with Gasteiger partial charge in [-0.3, -0.25) is 0 Å². The average molecular weight is 222 g/mol. The number of hydrogen-bond acceptors (Lipinski definition) is 5. The molecule has 5 heteroatoms. The Bertz CT molecular complexity index is 357. The maximum Gasteiger partial charge on any atom is 0.230 e. The summed E-state index contributed by atoms with van der Waals surface area (Å²) in [6.07, 6.45) is 2.67. The summed E-state index contributed by atoms with van der Waals surface area (Å²) in [5.74, 6) is 2.19. The van der Waals surface area contributed by atoms with E-state index in [4.69, 9.17) is 4.42 Å². The van der Waals surface area contributed by atoms with Crippen LogP contribution >= 0.6 is 0 Å². The second-order valence-electron chi connectivity index (χ2n) is 4.84. The monoisotopic (exact) mass is 222 g/mol. The molecule has 0 radical (unpaired) electrons. The zero-order chi connectivity index (χ0) is 11.0. The summed E-state index contributed by atoms with van der Waals surface area (Å²) >= 11 is 0. The molecule has 1 aromatic rings. The van der Waals surface area contributed by atoms with Crippen LogP contribution in [0.2, 0.25) is 0 Å². The summed E-state index contributed by atoms with van der Waals surface area (Å²) in [5.41, 5.74) is 0. The molecule has 0 aromatic carbocycles. The lowest BCUT2D eigenvalue weighted by Crippen LogP contribution is -2.55. The van der Waals surface area contributed by atoms with Crippen molar-refractivity contribution in [1.82, 2.24) is 20.4 Å². The number of hydrogen-bond donors (Lipinski definition) is 1. The van der Waals surface area contributed by atoms with Crippen molar-refractivity contribution >= 4 is 0 Å². The molecule has 16 heavy (non-hydrogen) atoms. The van der Waals surface area contributed by atoms with Gasteiger partial charge in [-0.25, -0.2) is 0 Å². The zero-order valence-electron chi connectivity index (χ0n) is 9.65. The summed E-state index contributed by atoms with van der Waals surface area (Å²) in [4.78, 5) is 2.54. The van der Waals surface area contributed by atoms with Gasteiger partial charge in [0, 0.05) is 19.5 Å². The molecule has 3 saturated heterocycles. The largest absolute Gasteiger partial charge is 0.424 e. The summed E-state index contributed by atoms with van der Waals surface area (Å²) in [7, 11) is 0. The van der Waals surface area contributed by atoms with Crippen molar-refractivity contribution in [2.24, 2.45) is 5.92 Å². The van der Waals surface area contributed by atoms with Gasteiger partial charge in [0.2, 0.25) is 11.8 Å². The lowest BCUT2D eigenvalue weighted by Gasteiger charge is -2.45. The number of nitrogens with one attached hydrogen (secondary N) is 1. The lowest BCUT2D eigenvalue weighted by atomic mass is 9.84. The number of aryl methyl sites for hydroxylation is 1. The Morgan fingerprint density at radius 2 is 2.19 bits per heavy atom. The van der Waals surface area contributed by atoms with Crippen molar-refractivity contribution in [3.63, 3.8) is 0 Å².